The molecule has 1 saturated heterocycles. The molecule has 0 bridgehead atoms. The summed E-state index contributed by atoms with van der Waals surface area (Å²) in [5.41, 5.74) is -0.340. The summed E-state index contributed by atoms with van der Waals surface area (Å²) in [5, 5.41) is 0. The van der Waals surface area contributed by atoms with E-state index in [-0.39, 0.29) is 11.7 Å². The molecule has 1 heterocycles. The fourth-order valence-electron chi connectivity index (χ4n) is 5.13. The summed E-state index contributed by atoms with van der Waals surface area (Å²) in [7, 11) is -0.487. The lowest BCUT2D eigenvalue weighted by Crippen LogP contribution is -2.31. The second-order valence-electron chi connectivity index (χ2n) is 8.66. The molecule has 0 radical (unpaired) electrons. The van der Waals surface area contributed by atoms with Crippen molar-refractivity contribution in [3.05, 3.63) is 29.3 Å². The third kappa shape index (κ3) is 5.99. The van der Waals surface area contributed by atoms with Crippen LogP contribution >= 0.6 is 0 Å². The second kappa shape index (κ2) is 10.6. The van der Waals surface area contributed by atoms with Crippen LogP contribution in [0.15, 0.2) is 12.1 Å². The molecule has 30 heavy (non-hydrogen) atoms. The molecule has 0 N–H and O–H groups in total. The second-order valence-corrected chi connectivity index (χ2v) is 12.1. The summed E-state index contributed by atoms with van der Waals surface area (Å²) in [4.78, 5) is 12.3. The van der Waals surface area contributed by atoms with Crippen molar-refractivity contribution >= 4 is 14.8 Å². The molecule has 0 unspecified atom stereocenters. The van der Waals surface area contributed by atoms with Gasteiger partial charge in [0.15, 0.2) is 17.4 Å². The summed E-state index contributed by atoms with van der Waals surface area (Å²) in [6.07, 6.45) is 7.24. The number of halogens is 4. The Morgan fingerprint density at radius 3 is 2.13 bits per heavy atom. The highest BCUT2D eigenvalue weighted by molar-refractivity contribution is 6.58. The van der Waals surface area contributed by atoms with Gasteiger partial charge in [0, 0.05) is 8.80 Å². The molecule has 3 nitrogen and oxygen atoms in total. The normalized spacial score (nSPS) is 27.1. The Labute approximate surface area is 176 Å². The predicted octanol–water partition coefficient (Wildman–Crippen LogP) is 6.33. The monoisotopic (exact) mass is 446 g/mol. The fourth-order valence-corrected chi connectivity index (χ4v) is 8.61. The molecule has 3 rings (SSSR count). The van der Waals surface area contributed by atoms with Crippen LogP contribution in [0.5, 0.6) is 5.75 Å². The van der Waals surface area contributed by atoms with Crippen molar-refractivity contribution in [1.82, 2.24) is 0 Å². The molecule has 0 aromatic heterocycles. The molecule has 1 aliphatic carbocycles. The third-order valence-electron chi connectivity index (χ3n) is 6.69. The number of ether oxygens (including phenoxy) is 2. The molecule has 8 heteroatoms. The third-order valence-corrected chi connectivity index (χ3v) is 10.4. The van der Waals surface area contributed by atoms with E-state index in [1.165, 1.54) is 37.4 Å². The first-order valence-electron chi connectivity index (χ1n) is 11.0. The average molecular weight is 447 g/mol. The lowest BCUT2D eigenvalue weighted by Gasteiger charge is -2.37. The van der Waals surface area contributed by atoms with Crippen LogP contribution in [0.1, 0.15) is 62.2 Å². The number of esters is 1. The molecular formula is C22H30F4O3Si. The Bertz CT molecular complexity index is 691. The zero-order valence-corrected chi connectivity index (χ0v) is 18.5. The quantitative estimate of drug-likeness (QED) is 0.279. The van der Waals surface area contributed by atoms with E-state index in [1.54, 1.807) is 0 Å². The number of hydrogen-bond donors (Lipinski definition) is 0. The van der Waals surface area contributed by atoms with E-state index in [4.69, 9.17) is 4.74 Å². The SMILES string of the molecule is CCC[SiH]1CCC(C2CCC(OC(=O)c3cc(F)c(OC(F)F)c(F)c3)CC2)CC1. The first-order chi connectivity index (χ1) is 14.4. The molecule has 0 atom stereocenters. The molecule has 2 fully saturated rings. The molecule has 1 saturated carbocycles. The van der Waals surface area contributed by atoms with E-state index in [2.05, 4.69) is 11.7 Å². The minimum Gasteiger partial charge on any atom is -0.459 e. The number of hydrogen-bond acceptors (Lipinski definition) is 3. The Morgan fingerprint density at radius 2 is 1.60 bits per heavy atom. The molecule has 0 amide bonds. The van der Waals surface area contributed by atoms with Gasteiger partial charge in [-0.15, -0.1) is 0 Å². The fraction of sp³-hybridized carbons (Fsp3) is 0.682. The van der Waals surface area contributed by atoms with Gasteiger partial charge in [-0.25, -0.2) is 13.6 Å². The van der Waals surface area contributed by atoms with Gasteiger partial charge in [0.2, 0.25) is 0 Å². The number of carbonyl (C=O) groups excluding carboxylic acids is 1. The van der Waals surface area contributed by atoms with Gasteiger partial charge >= 0.3 is 12.6 Å². The van der Waals surface area contributed by atoms with Gasteiger partial charge in [-0.3, -0.25) is 0 Å². The van der Waals surface area contributed by atoms with E-state index in [1.807, 2.05) is 0 Å². The molecule has 168 valence electrons. The molecular weight excluding hydrogens is 416 g/mol. The Kier molecular flexibility index (Phi) is 8.19. The van der Waals surface area contributed by atoms with E-state index >= 15 is 0 Å². The van der Waals surface area contributed by atoms with Crippen molar-refractivity contribution in [3.8, 4) is 5.75 Å². The van der Waals surface area contributed by atoms with Crippen molar-refractivity contribution in [2.45, 2.75) is 82.7 Å². The Hall–Kier alpha value is -1.57. The summed E-state index contributed by atoms with van der Waals surface area (Å²) in [6, 6.07) is 5.72. The van der Waals surface area contributed by atoms with Gasteiger partial charge < -0.3 is 9.47 Å². The topological polar surface area (TPSA) is 35.5 Å². The van der Waals surface area contributed by atoms with Crippen molar-refractivity contribution in [2.24, 2.45) is 11.8 Å². The maximum Gasteiger partial charge on any atom is 0.387 e. The molecule has 1 aliphatic heterocycles. The Morgan fingerprint density at radius 1 is 1.03 bits per heavy atom. The van der Waals surface area contributed by atoms with Crippen LogP contribution < -0.4 is 4.74 Å². The van der Waals surface area contributed by atoms with E-state index < -0.39 is 38.8 Å². The highest BCUT2D eigenvalue weighted by Crippen LogP contribution is 2.40. The van der Waals surface area contributed by atoms with E-state index in [0.29, 0.717) is 18.1 Å². The van der Waals surface area contributed by atoms with Crippen LogP contribution in [0, 0.1) is 23.5 Å². The predicted molar refractivity (Wildman–Crippen MR) is 109 cm³/mol. The average Bonchev–Trinajstić information content (AvgIpc) is 2.72. The minimum atomic E-state index is -3.36. The lowest BCUT2D eigenvalue weighted by molar-refractivity contribution is -0.0546. The Balaban J connectivity index is 1.49. The highest BCUT2D eigenvalue weighted by Gasteiger charge is 2.32. The molecule has 1 aromatic carbocycles. The zero-order valence-electron chi connectivity index (χ0n) is 17.3. The molecule has 0 spiro atoms. The van der Waals surface area contributed by atoms with Gasteiger partial charge in [0.05, 0.1) is 5.56 Å². The van der Waals surface area contributed by atoms with Crippen LogP contribution in [-0.4, -0.2) is 27.5 Å². The van der Waals surface area contributed by atoms with E-state index in [0.717, 1.165) is 31.6 Å². The molecule has 1 aromatic rings. The summed E-state index contributed by atoms with van der Waals surface area (Å²) in [6.45, 7) is -1.08. The standard InChI is InChI=1S/C22H30F4O3Si/c1-2-9-30-10-7-15(8-11-30)14-3-5-17(6-4-14)28-21(27)16-12-18(23)20(19(24)13-16)29-22(25)26/h12-15,17,22,30H,2-11H2,1H3. The summed E-state index contributed by atoms with van der Waals surface area (Å²) in [5.74, 6) is -3.28. The first kappa shape index (κ1) is 23.1. The van der Waals surface area contributed by atoms with Crippen LogP contribution in [0.25, 0.3) is 0 Å². The van der Waals surface area contributed by atoms with Crippen LogP contribution in [0.4, 0.5) is 17.6 Å². The zero-order chi connectivity index (χ0) is 21.7. The van der Waals surface area contributed by atoms with Gasteiger partial charge in [-0.1, -0.05) is 44.3 Å². The lowest BCUT2D eigenvalue weighted by atomic mass is 9.76. The van der Waals surface area contributed by atoms with Crippen LogP contribution in [0.2, 0.25) is 18.1 Å². The smallest absolute Gasteiger partial charge is 0.387 e. The van der Waals surface area contributed by atoms with Crippen molar-refractivity contribution in [1.29, 1.82) is 0 Å². The number of rotatable bonds is 7. The summed E-state index contributed by atoms with van der Waals surface area (Å²) >= 11 is 0. The van der Waals surface area contributed by atoms with Gasteiger partial charge in [-0.05, 0) is 49.7 Å². The first-order valence-corrected chi connectivity index (χ1v) is 13.5. The van der Waals surface area contributed by atoms with Gasteiger partial charge in [0.25, 0.3) is 0 Å². The maximum absolute atomic E-state index is 13.8. The number of benzene rings is 1. The summed E-state index contributed by atoms with van der Waals surface area (Å²) < 4.78 is 61.4. The highest BCUT2D eigenvalue weighted by atomic mass is 28.3. The van der Waals surface area contributed by atoms with Crippen molar-refractivity contribution in [3.63, 3.8) is 0 Å². The van der Waals surface area contributed by atoms with Gasteiger partial charge in [0.1, 0.15) is 6.10 Å². The van der Waals surface area contributed by atoms with Crippen LogP contribution in [0.3, 0.4) is 0 Å². The minimum absolute atomic E-state index is 0.275. The molecule has 2 aliphatic rings. The van der Waals surface area contributed by atoms with Crippen molar-refractivity contribution < 1.29 is 31.8 Å². The van der Waals surface area contributed by atoms with Gasteiger partial charge in [-0.2, -0.15) is 8.78 Å². The number of carbonyl (C=O) groups is 1. The number of alkyl halides is 2. The van der Waals surface area contributed by atoms with Crippen LogP contribution in [-0.2, 0) is 4.74 Å². The van der Waals surface area contributed by atoms with Crippen molar-refractivity contribution in [2.75, 3.05) is 0 Å². The maximum atomic E-state index is 13.8. The van der Waals surface area contributed by atoms with E-state index in [9.17, 15) is 22.4 Å². The largest absolute Gasteiger partial charge is 0.459 e.